The number of hydrogen-bond donors (Lipinski definition) is 3. The smallest absolute Gasteiger partial charge is 0.238 e. The van der Waals surface area contributed by atoms with Crippen LogP contribution in [0.1, 0.15) is 23.6 Å². The van der Waals surface area contributed by atoms with Gasteiger partial charge in [0.25, 0.3) is 0 Å². The van der Waals surface area contributed by atoms with Crippen molar-refractivity contribution in [1.29, 1.82) is 0 Å². The molecule has 0 bridgehead atoms. The van der Waals surface area contributed by atoms with Crippen LogP contribution in [-0.2, 0) is 14.3 Å². The van der Waals surface area contributed by atoms with E-state index in [0.717, 1.165) is 49.0 Å². The molecule has 0 radical (unpaired) electrons. The monoisotopic (exact) mass is 426 g/mol. The third-order valence-corrected chi connectivity index (χ3v) is 6.86. The fraction of sp³-hybridized carbons (Fsp3) is 0.391. The number of benzene rings is 2. The van der Waals surface area contributed by atoms with Gasteiger partial charge in [-0.2, -0.15) is 0 Å². The van der Waals surface area contributed by atoms with Gasteiger partial charge in [-0.05, 0) is 24.6 Å². The fourth-order valence-corrected chi connectivity index (χ4v) is 4.96. The van der Waals surface area contributed by atoms with Gasteiger partial charge in [-0.3, -0.25) is 9.59 Å². The summed E-state index contributed by atoms with van der Waals surface area (Å²) < 4.78 is 5.47. The molecule has 0 aliphatic carbocycles. The summed E-state index contributed by atoms with van der Waals surface area (Å²) >= 11 is 1.46. The summed E-state index contributed by atoms with van der Waals surface area (Å²) in [6.07, 6.45) is 0.158. The zero-order valence-electron chi connectivity index (χ0n) is 17.1. The van der Waals surface area contributed by atoms with Crippen LogP contribution in [0.2, 0.25) is 0 Å². The third-order valence-electron chi connectivity index (χ3n) is 5.59. The number of thioether (sulfide) groups is 1. The van der Waals surface area contributed by atoms with Crippen molar-refractivity contribution in [2.75, 3.05) is 38.2 Å². The van der Waals surface area contributed by atoms with Gasteiger partial charge in [0.05, 0.1) is 24.2 Å². The molecule has 30 heavy (non-hydrogen) atoms. The van der Waals surface area contributed by atoms with Crippen molar-refractivity contribution in [2.24, 2.45) is 0 Å². The second-order valence-corrected chi connectivity index (χ2v) is 9.14. The Bertz CT molecular complexity index is 897. The van der Waals surface area contributed by atoms with Gasteiger partial charge in [0.1, 0.15) is 25.7 Å². The summed E-state index contributed by atoms with van der Waals surface area (Å²) in [7, 11) is 0. The molecule has 0 saturated carbocycles. The van der Waals surface area contributed by atoms with E-state index in [0.29, 0.717) is 0 Å². The molecular weight excluding hydrogens is 398 g/mol. The number of fused-ring (bicyclic) bond motifs is 1. The summed E-state index contributed by atoms with van der Waals surface area (Å²) in [6.45, 7) is 6.25. The van der Waals surface area contributed by atoms with E-state index in [1.54, 1.807) is 0 Å². The van der Waals surface area contributed by atoms with Gasteiger partial charge in [-0.15, -0.1) is 11.8 Å². The first kappa shape index (κ1) is 20.9. The average molecular weight is 427 g/mol. The average Bonchev–Trinajstić information content (AvgIpc) is 2.75. The number of carbonyl (C=O) groups excluding carboxylic acids is 2. The molecule has 7 heteroatoms. The Morgan fingerprint density at radius 1 is 1.20 bits per heavy atom. The molecule has 4 rings (SSSR count). The molecule has 2 aliphatic heterocycles. The van der Waals surface area contributed by atoms with E-state index >= 15 is 0 Å². The second kappa shape index (κ2) is 9.64. The minimum absolute atomic E-state index is 0.0878. The highest BCUT2D eigenvalue weighted by molar-refractivity contribution is 8.01. The van der Waals surface area contributed by atoms with E-state index in [-0.39, 0.29) is 24.3 Å². The lowest BCUT2D eigenvalue weighted by atomic mass is 10.0. The minimum Gasteiger partial charge on any atom is -0.370 e. The van der Waals surface area contributed by atoms with E-state index < -0.39 is 5.25 Å². The van der Waals surface area contributed by atoms with Gasteiger partial charge in [0, 0.05) is 11.3 Å². The lowest BCUT2D eigenvalue weighted by Gasteiger charge is -2.29. The number of carbonyl (C=O) groups is 2. The highest BCUT2D eigenvalue weighted by Gasteiger charge is 2.30. The van der Waals surface area contributed by atoms with E-state index in [9.17, 15) is 9.59 Å². The van der Waals surface area contributed by atoms with Crippen LogP contribution in [0.4, 0.5) is 5.69 Å². The molecule has 2 aliphatic rings. The molecule has 2 atom stereocenters. The van der Waals surface area contributed by atoms with Gasteiger partial charge >= 0.3 is 0 Å². The molecule has 0 unspecified atom stereocenters. The molecule has 6 nitrogen and oxygen atoms in total. The Balaban J connectivity index is 1.43. The highest BCUT2D eigenvalue weighted by atomic mass is 32.2. The minimum atomic E-state index is -0.422. The van der Waals surface area contributed by atoms with Crippen LogP contribution >= 0.6 is 11.8 Å². The number of quaternary nitrogens is 1. The molecule has 2 aromatic rings. The Hall–Kier alpha value is -2.35. The molecule has 0 spiro atoms. The predicted octanol–water partition coefficient (Wildman–Crippen LogP) is 1.57. The van der Waals surface area contributed by atoms with Crippen LogP contribution in [0.5, 0.6) is 0 Å². The van der Waals surface area contributed by atoms with Crippen molar-refractivity contribution >= 4 is 29.3 Å². The van der Waals surface area contributed by atoms with Gasteiger partial charge < -0.3 is 20.3 Å². The Morgan fingerprint density at radius 3 is 2.70 bits per heavy atom. The number of rotatable bonds is 6. The number of hydrogen-bond acceptors (Lipinski definition) is 4. The molecule has 2 heterocycles. The SMILES string of the molecule is Cc1ccc([C@@H](C[NH+]2CCOCC2)NC(=O)C[C@@H]2Sc3ccccc3NC2=O)cc1. The summed E-state index contributed by atoms with van der Waals surface area (Å²) in [5.41, 5.74) is 3.10. The van der Waals surface area contributed by atoms with E-state index in [1.807, 2.05) is 24.3 Å². The van der Waals surface area contributed by atoms with Crippen molar-refractivity contribution in [3.63, 3.8) is 0 Å². The first-order chi connectivity index (χ1) is 14.6. The van der Waals surface area contributed by atoms with E-state index in [1.165, 1.54) is 22.2 Å². The Morgan fingerprint density at radius 2 is 1.93 bits per heavy atom. The van der Waals surface area contributed by atoms with Crippen molar-refractivity contribution in [2.45, 2.75) is 29.5 Å². The molecule has 158 valence electrons. The van der Waals surface area contributed by atoms with Gasteiger partial charge in [0.15, 0.2) is 0 Å². The first-order valence-corrected chi connectivity index (χ1v) is 11.3. The molecule has 1 saturated heterocycles. The quantitative estimate of drug-likeness (QED) is 0.656. The molecular formula is C23H28N3O3S+. The number of amides is 2. The molecule has 1 fully saturated rings. The number of anilines is 1. The number of ether oxygens (including phenoxy) is 1. The Kier molecular flexibility index (Phi) is 6.72. The largest absolute Gasteiger partial charge is 0.370 e. The predicted molar refractivity (Wildman–Crippen MR) is 118 cm³/mol. The zero-order valence-corrected chi connectivity index (χ0v) is 18.0. The van der Waals surface area contributed by atoms with Crippen LogP contribution in [0.15, 0.2) is 53.4 Å². The maximum Gasteiger partial charge on any atom is 0.238 e. The van der Waals surface area contributed by atoms with Gasteiger partial charge in [0.2, 0.25) is 11.8 Å². The molecule has 0 aromatic heterocycles. The first-order valence-electron chi connectivity index (χ1n) is 10.4. The standard InChI is InChI=1S/C23H27N3O3S/c1-16-6-8-17(9-7-16)19(15-26-10-12-29-13-11-26)24-22(27)14-21-23(28)25-18-4-2-3-5-20(18)30-21/h2-9,19,21H,10-15H2,1H3,(H,24,27)(H,25,28)/p+1/t19-,21+/m1/s1. The summed E-state index contributed by atoms with van der Waals surface area (Å²) in [4.78, 5) is 27.8. The van der Waals surface area contributed by atoms with Crippen LogP contribution in [0.3, 0.4) is 0 Å². The second-order valence-electron chi connectivity index (χ2n) is 7.89. The summed E-state index contributed by atoms with van der Waals surface area (Å²) in [5, 5.41) is 5.69. The van der Waals surface area contributed by atoms with Crippen molar-refractivity contribution in [1.82, 2.24) is 5.32 Å². The van der Waals surface area contributed by atoms with Crippen molar-refractivity contribution < 1.29 is 19.2 Å². The maximum atomic E-state index is 12.9. The highest BCUT2D eigenvalue weighted by Crippen LogP contribution is 2.36. The number of aryl methyl sites for hydroxylation is 1. The third kappa shape index (κ3) is 5.22. The Labute approximate surface area is 181 Å². The topological polar surface area (TPSA) is 71.9 Å². The lowest BCUT2D eigenvalue weighted by molar-refractivity contribution is -0.909. The maximum absolute atomic E-state index is 12.9. The van der Waals surface area contributed by atoms with Crippen LogP contribution < -0.4 is 15.5 Å². The molecule has 2 aromatic carbocycles. The van der Waals surface area contributed by atoms with E-state index in [4.69, 9.17) is 4.74 Å². The van der Waals surface area contributed by atoms with Crippen LogP contribution in [0, 0.1) is 6.92 Å². The van der Waals surface area contributed by atoms with Gasteiger partial charge in [-0.1, -0.05) is 42.0 Å². The number of para-hydroxylation sites is 1. The van der Waals surface area contributed by atoms with Gasteiger partial charge in [-0.25, -0.2) is 0 Å². The van der Waals surface area contributed by atoms with Crippen LogP contribution in [-0.4, -0.2) is 49.9 Å². The summed E-state index contributed by atoms with van der Waals surface area (Å²) in [6, 6.07) is 15.9. The molecule has 2 amide bonds. The zero-order chi connectivity index (χ0) is 20.9. The summed E-state index contributed by atoms with van der Waals surface area (Å²) in [5.74, 6) is -0.209. The van der Waals surface area contributed by atoms with Crippen molar-refractivity contribution in [3.05, 3.63) is 59.7 Å². The fourth-order valence-electron chi connectivity index (χ4n) is 3.85. The lowest BCUT2D eigenvalue weighted by Crippen LogP contribution is -3.14. The van der Waals surface area contributed by atoms with E-state index in [2.05, 4.69) is 41.8 Å². The van der Waals surface area contributed by atoms with Crippen LogP contribution in [0.25, 0.3) is 0 Å². The molecule has 3 N–H and O–H groups in total. The number of morpholine rings is 1. The normalized spacial score (nSPS) is 20.2. The number of nitrogens with one attached hydrogen (secondary N) is 3. The van der Waals surface area contributed by atoms with Crippen molar-refractivity contribution in [3.8, 4) is 0 Å².